The van der Waals surface area contributed by atoms with Gasteiger partial charge in [0.25, 0.3) is 0 Å². The zero-order chi connectivity index (χ0) is 11.8. The topological polar surface area (TPSA) is 52.6 Å². The highest BCUT2D eigenvalue weighted by Crippen LogP contribution is 2.38. The molecule has 0 bridgehead atoms. The lowest BCUT2D eigenvalue weighted by atomic mass is 10.2. The van der Waals surface area contributed by atoms with Gasteiger partial charge in [-0.25, -0.2) is 8.42 Å². The minimum absolute atomic E-state index is 0.0522. The normalized spacial score (nSPS) is 14.9. The van der Waals surface area contributed by atoms with Crippen molar-refractivity contribution in [1.82, 2.24) is 0 Å². The van der Waals surface area contributed by atoms with Crippen LogP contribution in [0, 0.1) is 0 Å². The smallest absolute Gasteiger partial charge is 0.179 e. The fourth-order valence-corrected chi connectivity index (χ4v) is 2.61. The fraction of sp³-hybridized carbons (Fsp3) is 0.400. The lowest BCUT2D eigenvalue weighted by molar-refractivity contribution is 0.171. The van der Waals surface area contributed by atoms with E-state index in [1.165, 1.54) is 6.26 Å². The van der Waals surface area contributed by atoms with Gasteiger partial charge in [-0.3, -0.25) is 0 Å². The van der Waals surface area contributed by atoms with Crippen molar-refractivity contribution >= 4 is 21.4 Å². The molecule has 0 fully saturated rings. The maximum absolute atomic E-state index is 11.2. The monoisotopic (exact) mass is 262 g/mol. The molecule has 0 amide bonds. The summed E-state index contributed by atoms with van der Waals surface area (Å²) in [7, 11) is -3.08. The van der Waals surface area contributed by atoms with E-state index in [1.54, 1.807) is 12.1 Å². The highest BCUT2D eigenvalue weighted by Gasteiger charge is 2.17. The first-order valence-electron chi connectivity index (χ1n) is 4.71. The summed E-state index contributed by atoms with van der Waals surface area (Å²) in [6.07, 6.45) is 1.18. The van der Waals surface area contributed by atoms with E-state index in [4.69, 9.17) is 21.1 Å². The molecule has 6 heteroatoms. The number of fused-ring (bicyclic) bond motifs is 1. The summed E-state index contributed by atoms with van der Waals surface area (Å²) in [4.78, 5) is 0. The number of ether oxygens (including phenoxy) is 2. The number of hydrogen-bond donors (Lipinski definition) is 0. The largest absolute Gasteiger partial charge is 0.486 e. The molecule has 4 nitrogen and oxygen atoms in total. The Balaban J connectivity index is 2.39. The first-order valence-corrected chi connectivity index (χ1v) is 7.15. The molecule has 1 heterocycles. The molecular weight excluding hydrogens is 252 g/mol. The lowest BCUT2D eigenvalue weighted by Crippen LogP contribution is -2.16. The number of benzene rings is 1. The van der Waals surface area contributed by atoms with Crippen molar-refractivity contribution in [3.63, 3.8) is 0 Å². The third kappa shape index (κ3) is 2.59. The predicted octanol–water partition coefficient (Wildman–Crippen LogP) is 1.66. The molecule has 16 heavy (non-hydrogen) atoms. The molecule has 2 rings (SSSR count). The van der Waals surface area contributed by atoms with Crippen LogP contribution in [0.25, 0.3) is 0 Å². The Kier molecular flexibility index (Phi) is 2.99. The number of halogens is 1. The Labute approximate surface area is 99.0 Å². The third-order valence-electron chi connectivity index (χ3n) is 2.09. The Morgan fingerprint density at radius 3 is 2.69 bits per heavy atom. The zero-order valence-electron chi connectivity index (χ0n) is 8.70. The van der Waals surface area contributed by atoms with Gasteiger partial charge in [-0.05, 0) is 17.7 Å². The van der Waals surface area contributed by atoms with Crippen LogP contribution < -0.4 is 9.47 Å². The van der Waals surface area contributed by atoms with Gasteiger partial charge in [0.05, 0.1) is 10.8 Å². The van der Waals surface area contributed by atoms with Crippen LogP contribution in [-0.4, -0.2) is 27.9 Å². The quantitative estimate of drug-likeness (QED) is 0.813. The molecule has 0 spiro atoms. The third-order valence-corrected chi connectivity index (χ3v) is 3.22. The van der Waals surface area contributed by atoms with Gasteiger partial charge in [-0.2, -0.15) is 0 Å². The Morgan fingerprint density at radius 1 is 1.31 bits per heavy atom. The molecule has 1 aromatic rings. The van der Waals surface area contributed by atoms with E-state index in [9.17, 15) is 8.42 Å². The van der Waals surface area contributed by atoms with E-state index in [-0.39, 0.29) is 5.75 Å². The Bertz CT molecular complexity index is 510. The fourth-order valence-electron chi connectivity index (χ4n) is 1.55. The van der Waals surface area contributed by atoms with E-state index in [2.05, 4.69) is 0 Å². The minimum Gasteiger partial charge on any atom is -0.486 e. The molecule has 1 aliphatic heterocycles. The summed E-state index contributed by atoms with van der Waals surface area (Å²) in [6, 6.07) is 3.25. The Hall–Kier alpha value is -0.940. The van der Waals surface area contributed by atoms with Crippen molar-refractivity contribution in [2.45, 2.75) is 5.75 Å². The maximum Gasteiger partial charge on any atom is 0.179 e. The summed E-state index contributed by atoms with van der Waals surface area (Å²) in [5, 5.41) is 0.385. The molecule has 0 unspecified atom stereocenters. The van der Waals surface area contributed by atoms with Crippen LogP contribution in [0.15, 0.2) is 12.1 Å². The standard InChI is InChI=1S/C10H11ClO4S/c1-16(12,13)6-7-4-8(11)10-9(5-7)14-2-3-15-10/h4-5H,2-3,6H2,1H3. The van der Waals surface area contributed by atoms with Gasteiger partial charge >= 0.3 is 0 Å². The molecule has 88 valence electrons. The van der Waals surface area contributed by atoms with Gasteiger partial charge in [0.1, 0.15) is 13.2 Å². The van der Waals surface area contributed by atoms with Crippen LogP contribution in [0.5, 0.6) is 11.5 Å². The second-order valence-corrected chi connectivity index (χ2v) is 6.22. The van der Waals surface area contributed by atoms with Gasteiger partial charge in [0.15, 0.2) is 21.3 Å². The van der Waals surface area contributed by atoms with Crippen LogP contribution in [0.1, 0.15) is 5.56 Å². The van der Waals surface area contributed by atoms with Gasteiger partial charge in [-0.15, -0.1) is 0 Å². The average molecular weight is 263 g/mol. The van der Waals surface area contributed by atoms with Gasteiger partial charge in [-0.1, -0.05) is 11.6 Å². The van der Waals surface area contributed by atoms with Crippen LogP contribution in [0.3, 0.4) is 0 Å². The molecule has 0 saturated heterocycles. The van der Waals surface area contributed by atoms with Crippen LogP contribution in [0.4, 0.5) is 0 Å². The van der Waals surface area contributed by atoms with Crippen LogP contribution in [-0.2, 0) is 15.6 Å². The van der Waals surface area contributed by atoms with E-state index in [0.29, 0.717) is 35.3 Å². The summed E-state index contributed by atoms with van der Waals surface area (Å²) < 4.78 is 33.0. The first kappa shape index (κ1) is 11.5. The van der Waals surface area contributed by atoms with Crippen molar-refractivity contribution in [1.29, 1.82) is 0 Å². The highest BCUT2D eigenvalue weighted by atomic mass is 35.5. The van der Waals surface area contributed by atoms with Crippen molar-refractivity contribution in [3.8, 4) is 11.5 Å². The summed E-state index contributed by atoms with van der Waals surface area (Å²) >= 11 is 5.98. The highest BCUT2D eigenvalue weighted by molar-refractivity contribution is 7.89. The molecule has 0 aliphatic carbocycles. The number of sulfone groups is 1. The molecule has 0 saturated carbocycles. The second kappa shape index (κ2) is 4.14. The van der Waals surface area contributed by atoms with Crippen molar-refractivity contribution in [3.05, 3.63) is 22.7 Å². The van der Waals surface area contributed by atoms with Crippen molar-refractivity contribution in [2.24, 2.45) is 0 Å². The molecule has 0 atom stereocenters. The SMILES string of the molecule is CS(=O)(=O)Cc1cc(Cl)c2c(c1)OCCO2. The Morgan fingerprint density at radius 2 is 2.00 bits per heavy atom. The zero-order valence-corrected chi connectivity index (χ0v) is 10.3. The van der Waals surface area contributed by atoms with Crippen molar-refractivity contribution in [2.75, 3.05) is 19.5 Å². The molecule has 1 aromatic carbocycles. The summed E-state index contributed by atoms with van der Waals surface area (Å²) in [5.41, 5.74) is 0.608. The molecule has 1 aliphatic rings. The predicted molar refractivity (Wildman–Crippen MR) is 61.0 cm³/mol. The van der Waals surface area contributed by atoms with Gasteiger partial charge in [0.2, 0.25) is 0 Å². The van der Waals surface area contributed by atoms with E-state index in [0.717, 1.165) is 0 Å². The average Bonchev–Trinajstić information content (AvgIpc) is 2.15. The number of hydrogen-bond acceptors (Lipinski definition) is 4. The van der Waals surface area contributed by atoms with Gasteiger partial charge in [0, 0.05) is 6.26 Å². The lowest BCUT2D eigenvalue weighted by Gasteiger charge is -2.20. The van der Waals surface area contributed by atoms with Crippen LogP contribution >= 0.6 is 11.6 Å². The molecule has 0 radical (unpaired) electrons. The molecule has 0 aromatic heterocycles. The molecular formula is C10H11ClO4S. The van der Waals surface area contributed by atoms with Crippen molar-refractivity contribution < 1.29 is 17.9 Å². The summed E-state index contributed by atoms with van der Waals surface area (Å²) in [5.74, 6) is 0.950. The van der Waals surface area contributed by atoms with E-state index < -0.39 is 9.84 Å². The second-order valence-electron chi connectivity index (χ2n) is 3.67. The van der Waals surface area contributed by atoms with Gasteiger partial charge < -0.3 is 9.47 Å². The minimum atomic E-state index is -3.08. The maximum atomic E-state index is 11.2. The first-order chi connectivity index (χ1) is 7.46. The van der Waals surface area contributed by atoms with E-state index >= 15 is 0 Å². The van der Waals surface area contributed by atoms with E-state index in [1.807, 2.05) is 0 Å². The van der Waals surface area contributed by atoms with Crippen LogP contribution in [0.2, 0.25) is 5.02 Å². The number of rotatable bonds is 2. The summed E-state index contributed by atoms with van der Waals surface area (Å²) in [6.45, 7) is 0.907. The molecule has 0 N–H and O–H groups in total.